The van der Waals surface area contributed by atoms with Crippen LogP contribution in [-0.4, -0.2) is 29.9 Å². The van der Waals surface area contributed by atoms with Crippen LogP contribution in [-0.2, 0) is 9.31 Å². The number of fused-ring (bicyclic) bond motifs is 3. The quantitative estimate of drug-likeness (QED) is 0.704. The second-order valence-electron chi connectivity index (χ2n) is 8.54. The van der Waals surface area contributed by atoms with Crippen molar-refractivity contribution in [2.75, 3.05) is 0 Å². The molecule has 1 aromatic heterocycles. The highest BCUT2D eigenvalue weighted by Gasteiger charge is 2.56. The third-order valence-electron chi connectivity index (χ3n) is 6.14. The highest BCUT2D eigenvalue weighted by atomic mass is 16.7. The summed E-state index contributed by atoms with van der Waals surface area (Å²) in [5, 5.41) is 0.679. The van der Waals surface area contributed by atoms with Crippen LogP contribution in [0.2, 0.25) is 0 Å². The van der Waals surface area contributed by atoms with Crippen LogP contribution >= 0.6 is 0 Å². The minimum atomic E-state index is -0.880. The molecule has 0 atom stereocenters. The molecular formula is C22H25BO5. The van der Waals surface area contributed by atoms with Crippen LogP contribution in [0.25, 0.3) is 11.0 Å². The lowest BCUT2D eigenvalue weighted by Gasteiger charge is -2.32. The lowest BCUT2D eigenvalue weighted by Crippen LogP contribution is -2.41. The highest BCUT2D eigenvalue weighted by Crippen LogP contribution is 2.43. The molecule has 146 valence electrons. The second-order valence-corrected chi connectivity index (χ2v) is 8.54. The fourth-order valence-electron chi connectivity index (χ4n) is 3.78. The molecule has 0 N–H and O–H groups in total. The van der Waals surface area contributed by atoms with E-state index in [0.717, 1.165) is 12.8 Å². The normalized spacial score (nSPS) is 21.0. The minimum Gasteiger partial charge on any atom is -0.452 e. The maximum absolute atomic E-state index is 13.5. The van der Waals surface area contributed by atoms with Crippen molar-refractivity contribution >= 4 is 29.7 Å². The van der Waals surface area contributed by atoms with Gasteiger partial charge in [-0.3, -0.25) is 9.59 Å². The predicted molar refractivity (Wildman–Crippen MR) is 108 cm³/mol. The molecule has 1 aromatic carbocycles. The topological polar surface area (TPSA) is 65.7 Å². The first-order valence-corrected chi connectivity index (χ1v) is 9.87. The molecule has 0 saturated carbocycles. The van der Waals surface area contributed by atoms with Crippen LogP contribution in [0.4, 0.5) is 0 Å². The van der Waals surface area contributed by atoms with E-state index in [-0.39, 0.29) is 17.3 Å². The van der Waals surface area contributed by atoms with E-state index in [1.54, 1.807) is 6.07 Å². The minimum absolute atomic E-state index is 0.0937. The van der Waals surface area contributed by atoms with Crippen LogP contribution in [0, 0.1) is 0 Å². The van der Waals surface area contributed by atoms with Crippen LogP contribution in [0.3, 0.4) is 0 Å². The number of Topliss-reactive ketones (excluding diaryl/α,β-unsaturated/α-hetero) is 2. The van der Waals surface area contributed by atoms with E-state index in [9.17, 15) is 9.59 Å². The number of para-hydroxylation sites is 1. The summed E-state index contributed by atoms with van der Waals surface area (Å²) >= 11 is 0. The Balaban J connectivity index is 1.87. The number of ketones is 2. The predicted octanol–water partition coefficient (Wildman–Crippen LogP) is 4.93. The van der Waals surface area contributed by atoms with Gasteiger partial charge in [0.15, 0.2) is 11.5 Å². The van der Waals surface area contributed by atoms with Crippen LogP contribution in [0.1, 0.15) is 74.8 Å². The Bertz CT molecular complexity index is 995. The highest BCUT2D eigenvalue weighted by molar-refractivity contribution is 6.65. The van der Waals surface area contributed by atoms with E-state index >= 15 is 0 Å². The zero-order valence-electron chi connectivity index (χ0n) is 17.0. The van der Waals surface area contributed by atoms with E-state index in [1.165, 1.54) is 0 Å². The third kappa shape index (κ3) is 2.70. The fourth-order valence-corrected chi connectivity index (χ4v) is 3.78. The van der Waals surface area contributed by atoms with Gasteiger partial charge in [-0.25, -0.2) is 0 Å². The first kappa shape index (κ1) is 19.2. The van der Waals surface area contributed by atoms with Crippen molar-refractivity contribution in [1.29, 1.82) is 0 Å². The van der Waals surface area contributed by atoms with Crippen molar-refractivity contribution in [1.82, 2.24) is 0 Å². The molecule has 2 heterocycles. The Morgan fingerprint density at radius 3 is 2.25 bits per heavy atom. The summed E-state index contributed by atoms with van der Waals surface area (Å²) in [5.74, 6) is -0.371. The van der Waals surface area contributed by atoms with E-state index in [2.05, 4.69) is 6.92 Å². The first-order chi connectivity index (χ1) is 13.2. The molecule has 1 fully saturated rings. The van der Waals surface area contributed by atoms with Crippen molar-refractivity contribution in [3.05, 3.63) is 46.6 Å². The number of hydrogen-bond acceptors (Lipinski definition) is 5. The summed E-state index contributed by atoms with van der Waals surface area (Å²) in [6.45, 7) is 9.78. The maximum atomic E-state index is 13.5. The number of rotatable bonds is 4. The van der Waals surface area contributed by atoms with Gasteiger partial charge < -0.3 is 13.7 Å². The van der Waals surface area contributed by atoms with Gasteiger partial charge in [0.25, 0.3) is 0 Å². The molecule has 1 aliphatic heterocycles. The lowest BCUT2D eigenvalue weighted by atomic mass is 9.67. The van der Waals surface area contributed by atoms with Gasteiger partial charge in [0.2, 0.25) is 5.78 Å². The van der Waals surface area contributed by atoms with Crippen molar-refractivity contribution in [2.24, 2.45) is 0 Å². The fraction of sp³-hybridized carbons (Fsp3) is 0.455. The first-order valence-electron chi connectivity index (χ1n) is 9.87. The number of carbonyl (C=O) groups excluding carboxylic acids is 2. The zero-order valence-corrected chi connectivity index (χ0v) is 17.0. The number of hydrogen-bond donors (Lipinski definition) is 0. The van der Waals surface area contributed by atoms with E-state index in [1.807, 2.05) is 45.9 Å². The van der Waals surface area contributed by atoms with Crippen molar-refractivity contribution in [3.8, 4) is 0 Å². The van der Waals surface area contributed by atoms with Gasteiger partial charge in [-0.15, -0.1) is 0 Å². The van der Waals surface area contributed by atoms with Crippen molar-refractivity contribution in [2.45, 2.75) is 65.1 Å². The third-order valence-corrected chi connectivity index (χ3v) is 6.14. The molecule has 0 amide bonds. The van der Waals surface area contributed by atoms with Gasteiger partial charge >= 0.3 is 7.12 Å². The molecule has 2 aromatic rings. The largest absolute Gasteiger partial charge is 0.499 e. The average molecular weight is 380 g/mol. The lowest BCUT2D eigenvalue weighted by molar-refractivity contribution is 0.00578. The standard InChI is InChI=1S/C22H25BO5/c1-6-7-10-14-17(23-27-21(2,3)22(4,5)28-23)19(25)20-16(18(14)24)13-11-8-9-12-15(13)26-20/h8-9,11-12H,6-7,10H2,1-5H3. The van der Waals surface area contributed by atoms with E-state index in [4.69, 9.17) is 13.7 Å². The number of carbonyl (C=O) groups is 2. The molecule has 4 rings (SSSR count). The molecule has 0 bridgehead atoms. The van der Waals surface area contributed by atoms with Gasteiger partial charge in [-0.2, -0.15) is 0 Å². The monoisotopic (exact) mass is 380 g/mol. The van der Waals surface area contributed by atoms with Crippen molar-refractivity contribution in [3.63, 3.8) is 0 Å². The molecule has 0 radical (unpaired) electrons. The van der Waals surface area contributed by atoms with Crippen LogP contribution < -0.4 is 0 Å². The molecule has 28 heavy (non-hydrogen) atoms. The van der Waals surface area contributed by atoms with Gasteiger partial charge in [-0.1, -0.05) is 31.5 Å². The van der Waals surface area contributed by atoms with Crippen molar-refractivity contribution < 1.29 is 23.3 Å². The van der Waals surface area contributed by atoms with Crippen LogP contribution in [0.5, 0.6) is 0 Å². The molecule has 6 heteroatoms. The summed E-state index contributed by atoms with van der Waals surface area (Å²) < 4.78 is 18.1. The maximum Gasteiger partial charge on any atom is 0.499 e. The summed E-state index contributed by atoms with van der Waals surface area (Å²) in [4.78, 5) is 26.9. The second kappa shape index (κ2) is 6.43. The van der Waals surface area contributed by atoms with Crippen LogP contribution in [0.15, 0.2) is 39.7 Å². The molecule has 5 nitrogen and oxygen atoms in total. The number of allylic oxidation sites excluding steroid dienone is 2. The van der Waals surface area contributed by atoms with Gasteiger partial charge in [0.1, 0.15) is 5.58 Å². The Morgan fingerprint density at radius 1 is 0.964 bits per heavy atom. The Morgan fingerprint density at radius 2 is 1.61 bits per heavy atom. The van der Waals surface area contributed by atoms with Gasteiger partial charge in [-0.05, 0) is 46.6 Å². The SMILES string of the molecule is CCCCC1=C(B2OC(C)(C)C(C)(C)O2)C(=O)c2oc3ccccc3c2C1=O. The van der Waals surface area contributed by atoms with Gasteiger partial charge in [0.05, 0.1) is 16.8 Å². The summed E-state index contributed by atoms with van der Waals surface area (Å²) in [6.07, 6.45) is 2.24. The Hall–Kier alpha value is -2.18. The molecule has 2 aliphatic rings. The number of unbranched alkanes of at least 4 members (excludes halogenated alkanes) is 1. The molecule has 1 saturated heterocycles. The molecule has 0 unspecified atom stereocenters. The van der Waals surface area contributed by atoms with E-state index in [0.29, 0.717) is 34.0 Å². The molecular weight excluding hydrogens is 355 g/mol. The Kier molecular flexibility index (Phi) is 4.40. The summed E-state index contributed by atoms with van der Waals surface area (Å²) in [5.41, 5.74) is 0.495. The summed E-state index contributed by atoms with van der Waals surface area (Å²) in [6, 6.07) is 7.26. The zero-order chi connectivity index (χ0) is 20.3. The number of furan rings is 1. The average Bonchev–Trinajstić information content (AvgIpc) is 3.11. The number of benzene rings is 1. The van der Waals surface area contributed by atoms with Gasteiger partial charge in [0, 0.05) is 16.4 Å². The smallest absolute Gasteiger partial charge is 0.452 e. The summed E-state index contributed by atoms with van der Waals surface area (Å²) in [7, 11) is -0.880. The molecule has 0 spiro atoms. The molecule has 1 aliphatic carbocycles. The van der Waals surface area contributed by atoms with E-state index < -0.39 is 18.3 Å². The Labute approximate surface area is 165 Å².